The van der Waals surface area contributed by atoms with Gasteiger partial charge in [0.15, 0.2) is 0 Å². The summed E-state index contributed by atoms with van der Waals surface area (Å²) in [7, 11) is 1.60. The van der Waals surface area contributed by atoms with E-state index in [0.717, 1.165) is 15.5 Å². The van der Waals surface area contributed by atoms with Gasteiger partial charge in [-0.2, -0.15) is 0 Å². The lowest BCUT2D eigenvalue weighted by molar-refractivity contribution is -0.116. The summed E-state index contributed by atoms with van der Waals surface area (Å²) in [6.45, 7) is -0.0226. The number of carbonyl (C=O) groups is 1. The Morgan fingerprint density at radius 3 is 2.69 bits per heavy atom. The normalized spacial score (nSPS) is 26.3. The predicted molar refractivity (Wildman–Crippen MR) is 142 cm³/mol. The minimum Gasteiger partial charge on any atom is -0.497 e. The maximum absolute atomic E-state index is 13.2. The van der Waals surface area contributed by atoms with Gasteiger partial charge in [0, 0.05) is 21.7 Å². The molecule has 6 rings (SSSR count). The van der Waals surface area contributed by atoms with E-state index >= 15 is 0 Å². The van der Waals surface area contributed by atoms with Gasteiger partial charge in [0.1, 0.15) is 12.3 Å². The lowest BCUT2D eigenvalue weighted by Crippen LogP contribution is -2.35. The van der Waals surface area contributed by atoms with Crippen LogP contribution in [0.3, 0.4) is 0 Å². The van der Waals surface area contributed by atoms with Crippen molar-refractivity contribution in [3.05, 3.63) is 72.6 Å². The topological polar surface area (TPSA) is 60.3 Å². The monoisotopic (exact) mass is 546 g/mol. The fraction of sp³-hybridized carbons (Fsp3) is 0.385. The zero-order valence-electron chi connectivity index (χ0n) is 19.0. The van der Waals surface area contributed by atoms with Crippen LogP contribution in [0.15, 0.2) is 52.3 Å². The summed E-state index contributed by atoms with van der Waals surface area (Å²) >= 11 is 16.2. The molecule has 3 aliphatic rings. The summed E-state index contributed by atoms with van der Waals surface area (Å²) in [6, 6.07) is 12.9. The molecule has 0 spiro atoms. The number of nitrogens with one attached hydrogen (secondary N) is 1. The molecule has 0 unspecified atom stereocenters. The highest BCUT2D eigenvalue weighted by atomic mass is 35.5. The average Bonchev–Trinajstić information content (AvgIpc) is 3.55. The van der Waals surface area contributed by atoms with Gasteiger partial charge in [-0.1, -0.05) is 46.7 Å². The summed E-state index contributed by atoms with van der Waals surface area (Å²) in [5.41, 5.74) is 1.66. The Balaban J connectivity index is 1.36. The van der Waals surface area contributed by atoms with Gasteiger partial charge in [-0.15, -0.1) is 11.8 Å². The Morgan fingerprint density at radius 1 is 1.14 bits per heavy atom. The molecule has 2 aliphatic carbocycles. The molecular weight excluding hydrogens is 523 g/mol. The number of ether oxygens (including phenoxy) is 1. The first-order valence-electron chi connectivity index (χ1n) is 11.7. The predicted octanol–water partition coefficient (Wildman–Crippen LogP) is 6.52. The van der Waals surface area contributed by atoms with Gasteiger partial charge in [0.25, 0.3) is 0 Å². The number of amides is 1. The van der Waals surface area contributed by atoms with E-state index in [1.165, 1.54) is 30.6 Å². The Kier molecular flexibility index (Phi) is 6.16. The molecule has 0 saturated heterocycles. The molecule has 2 aromatic carbocycles. The molecule has 182 valence electrons. The second kappa shape index (κ2) is 9.18. The third kappa shape index (κ3) is 4.01. The molecule has 1 aromatic heterocycles. The minimum atomic E-state index is -0.231. The van der Waals surface area contributed by atoms with Crippen molar-refractivity contribution < 1.29 is 9.53 Å². The van der Waals surface area contributed by atoms with Crippen molar-refractivity contribution in [2.75, 3.05) is 12.4 Å². The van der Waals surface area contributed by atoms with Crippen molar-refractivity contribution in [3.63, 3.8) is 0 Å². The lowest BCUT2D eigenvalue weighted by atomic mass is 9.75. The van der Waals surface area contributed by atoms with Crippen LogP contribution in [0.25, 0.3) is 0 Å². The third-order valence-corrected chi connectivity index (χ3v) is 11.3. The van der Waals surface area contributed by atoms with E-state index in [-0.39, 0.29) is 23.2 Å². The first-order chi connectivity index (χ1) is 16.9. The fourth-order valence-corrected chi connectivity index (χ4v) is 9.78. The molecule has 2 bridgehead atoms. The number of fused-ring (bicyclic) bond motifs is 6. The fourth-order valence-electron chi connectivity index (χ4n) is 6.21. The molecule has 1 amide bonds. The van der Waals surface area contributed by atoms with Gasteiger partial charge in [-0.25, -0.2) is 0 Å². The third-order valence-electron chi connectivity index (χ3n) is 7.68. The van der Waals surface area contributed by atoms with Crippen molar-refractivity contribution in [2.24, 2.45) is 17.8 Å². The Bertz CT molecular complexity index is 1350. The van der Waals surface area contributed by atoms with Crippen LogP contribution in [0.2, 0.25) is 10.0 Å². The highest BCUT2D eigenvalue weighted by Gasteiger charge is 2.55. The molecular formula is C26H24Cl2N2O3S2. The number of carbonyl (C=O) groups excluding carboxylic acids is 1. The first-order valence-corrected chi connectivity index (χ1v) is 14.2. The van der Waals surface area contributed by atoms with Gasteiger partial charge in [-0.3, -0.25) is 14.2 Å². The second-order valence-electron chi connectivity index (χ2n) is 9.51. The van der Waals surface area contributed by atoms with Crippen molar-refractivity contribution >= 4 is 57.9 Å². The number of aromatic nitrogens is 1. The van der Waals surface area contributed by atoms with E-state index in [0.29, 0.717) is 44.5 Å². The van der Waals surface area contributed by atoms with Crippen molar-refractivity contribution in [3.8, 4) is 5.75 Å². The zero-order chi connectivity index (χ0) is 24.3. The maximum Gasteiger partial charge on any atom is 0.308 e. The molecule has 3 aromatic rings. The number of anilines is 1. The van der Waals surface area contributed by atoms with Crippen LogP contribution >= 0.6 is 46.3 Å². The molecule has 9 heteroatoms. The molecule has 35 heavy (non-hydrogen) atoms. The first kappa shape index (κ1) is 23.5. The Labute approximate surface area is 221 Å². The molecule has 2 heterocycles. The van der Waals surface area contributed by atoms with E-state index in [9.17, 15) is 9.59 Å². The highest BCUT2D eigenvalue weighted by molar-refractivity contribution is 8.00. The van der Waals surface area contributed by atoms with E-state index in [4.69, 9.17) is 27.9 Å². The molecule has 1 N–H and O–H groups in total. The summed E-state index contributed by atoms with van der Waals surface area (Å²) in [5.74, 6) is 2.22. The number of nitrogens with zero attached hydrogens (tertiary/aromatic N) is 1. The van der Waals surface area contributed by atoms with Crippen molar-refractivity contribution in [1.29, 1.82) is 0 Å². The second-order valence-corrected chi connectivity index (χ2v) is 12.5. The number of hydrogen-bond acceptors (Lipinski definition) is 5. The van der Waals surface area contributed by atoms with Gasteiger partial charge < -0.3 is 10.1 Å². The number of benzene rings is 2. The number of methoxy groups -OCH3 is 1. The van der Waals surface area contributed by atoms with Gasteiger partial charge >= 0.3 is 4.87 Å². The minimum absolute atomic E-state index is 0.0226. The standard InChI is InChI=1S/C26H24Cl2N2O3S2/c1-33-16-9-7-15(8-10-16)29-19(31)12-30-25-24(35-26(30)32)21(17-3-2-4-18(27)22(17)28)20-13-5-6-14(11-13)23(20)34-25/h2-4,7-10,13-14,20-21,23H,5-6,11-12H2,1H3,(H,29,31)/t13-,14-,20-,21-,23+/m0/s1. The van der Waals surface area contributed by atoms with E-state index in [1.54, 1.807) is 53.8 Å². The van der Waals surface area contributed by atoms with Crippen LogP contribution < -0.4 is 14.9 Å². The quantitative estimate of drug-likeness (QED) is 0.395. The van der Waals surface area contributed by atoms with Crippen LogP contribution in [0, 0.1) is 17.8 Å². The molecule has 1 aliphatic heterocycles. The van der Waals surface area contributed by atoms with Gasteiger partial charge in [0.05, 0.1) is 22.2 Å². The lowest BCUT2D eigenvalue weighted by Gasteiger charge is -2.40. The zero-order valence-corrected chi connectivity index (χ0v) is 22.1. The number of halogens is 2. The average molecular weight is 548 g/mol. The Hall–Kier alpha value is -1.93. The highest BCUT2D eigenvalue weighted by Crippen LogP contribution is 2.64. The smallest absolute Gasteiger partial charge is 0.308 e. The summed E-state index contributed by atoms with van der Waals surface area (Å²) < 4.78 is 6.83. The van der Waals surface area contributed by atoms with Gasteiger partial charge in [-0.05, 0) is 72.9 Å². The SMILES string of the molecule is COc1ccc(NC(=O)Cn2c3c(sc2=O)[C@@H](c2cccc(Cl)c2Cl)[C@@H]2[C@H]4CC[C@@H](C4)[C@H]2S3)cc1. The molecule has 2 fully saturated rings. The number of hydrogen-bond donors (Lipinski definition) is 1. The van der Waals surface area contributed by atoms with E-state index in [2.05, 4.69) is 5.32 Å². The number of rotatable bonds is 5. The van der Waals surface area contributed by atoms with Crippen LogP contribution in [-0.4, -0.2) is 22.8 Å². The van der Waals surface area contributed by atoms with Crippen molar-refractivity contribution in [2.45, 2.75) is 42.0 Å². The van der Waals surface area contributed by atoms with Crippen molar-refractivity contribution in [1.82, 2.24) is 4.57 Å². The summed E-state index contributed by atoms with van der Waals surface area (Å²) in [5, 5.41) is 5.35. The molecule has 5 nitrogen and oxygen atoms in total. The van der Waals surface area contributed by atoms with Crippen LogP contribution in [0.4, 0.5) is 5.69 Å². The summed E-state index contributed by atoms with van der Waals surface area (Å²) in [6.07, 6.45) is 3.70. The Morgan fingerprint density at radius 2 is 1.91 bits per heavy atom. The molecule has 2 saturated carbocycles. The largest absolute Gasteiger partial charge is 0.497 e. The van der Waals surface area contributed by atoms with E-state index in [1.807, 2.05) is 12.1 Å². The van der Waals surface area contributed by atoms with Crippen LogP contribution in [-0.2, 0) is 11.3 Å². The number of thioether (sulfide) groups is 1. The van der Waals surface area contributed by atoms with E-state index < -0.39 is 0 Å². The van der Waals surface area contributed by atoms with Crippen LogP contribution in [0.5, 0.6) is 5.75 Å². The molecule has 0 radical (unpaired) electrons. The molecule has 5 atom stereocenters. The summed E-state index contributed by atoms with van der Waals surface area (Å²) in [4.78, 5) is 27.1. The maximum atomic E-state index is 13.2. The van der Waals surface area contributed by atoms with Crippen LogP contribution in [0.1, 0.15) is 35.6 Å². The number of thiazole rings is 1. The van der Waals surface area contributed by atoms with Gasteiger partial charge in [0.2, 0.25) is 5.91 Å².